The van der Waals surface area contributed by atoms with E-state index in [1.54, 1.807) is 6.20 Å². The second-order valence-electron chi connectivity index (χ2n) is 5.08. The Morgan fingerprint density at radius 3 is 2.94 bits per heavy atom. The highest BCUT2D eigenvalue weighted by Crippen LogP contribution is 2.27. The smallest absolute Gasteiger partial charge is 0.138 e. The number of aliphatic hydroxyl groups excluding tert-OH is 1. The molecule has 0 aromatic carbocycles. The van der Waals surface area contributed by atoms with Crippen LogP contribution in [0.4, 0.5) is 0 Å². The van der Waals surface area contributed by atoms with Gasteiger partial charge in [-0.1, -0.05) is 12.5 Å². The van der Waals surface area contributed by atoms with Gasteiger partial charge in [-0.15, -0.1) is 0 Å². The molecule has 3 nitrogen and oxygen atoms in total. The standard InChI is InChI=1S/C15H21NO2/c1-11(2)18-15-8-13(9-16-10-15)12-5-3-4-6-14(17)7-12/h7-11,14,17H,3-6H2,1-2H3. The van der Waals surface area contributed by atoms with Gasteiger partial charge in [-0.25, -0.2) is 0 Å². The Balaban J connectivity index is 2.21. The summed E-state index contributed by atoms with van der Waals surface area (Å²) in [6.45, 7) is 4.00. The van der Waals surface area contributed by atoms with Crippen LogP contribution in [0.1, 0.15) is 45.1 Å². The number of rotatable bonds is 3. The second-order valence-corrected chi connectivity index (χ2v) is 5.08. The monoisotopic (exact) mass is 247 g/mol. The van der Waals surface area contributed by atoms with Crippen molar-refractivity contribution in [3.63, 3.8) is 0 Å². The van der Waals surface area contributed by atoms with Gasteiger partial charge in [0.1, 0.15) is 5.75 Å². The molecule has 1 aromatic heterocycles. The highest BCUT2D eigenvalue weighted by atomic mass is 16.5. The van der Waals surface area contributed by atoms with Gasteiger partial charge in [-0.2, -0.15) is 0 Å². The molecule has 18 heavy (non-hydrogen) atoms. The molecule has 1 heterocycles. The molecule has 1 aliphatic carbocycles. The van der Waals surface area contributed by atoms with E-state index >= 15 is 0 Å². The number of pyridine rings is 1. The van der Waals surface area contributed by atoms with Crippen molar-refractivity contribution >= 4 is 5.57 Å². The van der Waals surface area contributed by atoms with Crippen molar-refractivity contribution in [1.82, 2.24) is 4.98 Å². The quantitative estimate of drug-likeness (QED) is 0.892. The van der Waals surface area contributed by atoms with E-state index in [1.165, 1.54) is 5.57 Å². The zero-order chi connectivity index (χ0) is 13.0. The average molecular weight is 247 g/mol. The third-order valence-electron chi connectivity index (χ3n) is 3.05. The van der Waals surface area contributed by atoms with Crippen molar-refractivity contribution in [2.75, 3.05) is 0 Å². The van der Waals surface area contributed by atoms with Gasteiger partial charge in [-0.05, 0) is 50.3 Å². The number of hydrogen-bond donors (Lipinski definition) is 1. The normalized spacial score (nSPS) is 20.4. The van der Waals surface area contributed by atoms with Gasteiger partial charge in [0.05, 0.1) is 18.4 Å². The van der Waals surface area contributed by atoms with Gasteiger partial charge < -0.3 is 9.84 Å². The van der Waals surface area contributed by atoms with Crippen molar-refractivity contribution in [3.05, 3.63) is 30.1 Å². The molecule has 0 bridgehead atoms. The summed E-state index contributed by atoms with van der Waals surface area (Å²) < 4.78 is 5.65. The van der Waals surface area contributed by atoms with Crippen LogP contribution < -0.4 is 4.74 Å². The molecule has 0 fully saturated rings. The fourth-order valence-electron chi connectivity index (χ4n) is 2.24. The first kappa shape index (κ1) is 13.1. The maximum Gasteiger partial charge on any atom is 0.138 e. The van der Waals surface area contributed by atoms with Crippen LogP contribution >= 0.6 is 0 Å². The number of nitrogens with zero attached hydrogens (tertiary/aromatic N) is 1. The third kappa shape index (κ3) is 3.57. The van der Waals surface area contributed by atoms with Gasteiger partial charge in [0.2, 0.25) is 0 Å². The van der Waals surface area contributed by atoms with Crippen LogP contribution in [0.5, 0.6) is 5.75 Å². The molecule has 1 unspecified atom stereocenters. The lowest BCUT2D eigenvalue weighted by Gasteiger charge is -2.12. The van der Waals surface area contributed by atoms with E-state index in [4.69, 9.17) is 4.74 Å². The van der Waals surface area contributed by atoms with Gasteiger partial charge in [0, 0.05) is 6.20 Å². The molecule has 0 saturated carbocycles. The van der Waals surface area contributed by atoms with Crippen molar-refractivity contribution in [3.8, 4) is 5.75 Å². The van der Waals surface area contributed by atoms with E-state index in [0.29, 0.717) is 0 Å². The fraction of sp³-hybridized carbons (Fsp3) is 0.533. The van der Waals surface area contributed by atoms with E-state index in [2.05, 4.69) is 4.98 Å². The first-order valence-electron chi connectivity index (χ1n) is 6.66. The molecule has 2 rings (SSSR count). The summed E-state index contributed by atoms with van der Waals surface area (Å²) in [5.41, 5.74) is 2.25. The predicted molar refractivity (Wildman–Crippen MR) is 72.5 cm³/mol. The first-order valence-corrected chi connectivity index (χ1v) is 6.66. The maximum absolute atomic E-state index is 9.81. The van der Waals surface area contributed by atoms with E-state index < -0.39 is 0 Å². The predicted octanol–water partition coefficient (Wildman–Crippen LogP) is 3.19. The molecule has 98 valence electrons. The Labute approximate surface area is 109 Å². The second kappa shape index (κ2) is 6.01. The number of aliphatic hydroxyl groups is 1. The lowest BCUT2D eigenvalue weighted by molar-refractivity contribution is 0.211. The number of allylic oxidation sites excluding steroid dienone is 1. The van der Waals surface area contributed by atoms with Crippen LogP contribution in [0, 0.1) is 0 Å². The fourth-order valence-corrected chi connectivity index (χ4v) is 2.24. The molecule has 1 atom stereocenters. The lowest BCUT2D eigenvalue weighted by Crippen LogP contribution is -2.06. The van der Waals surface area contributed by atoms with Crippen LogP contribution in [0.2, 0.25) is 0 Å². The summed E-state index contributed by atoms with van der Waals surface area (Å²) in [5, 5.41) is 9.81. The summed E-state index contributed by atoms with van der Waals surface area (Å²) in [6.07, 6.45) is 9.43. The van der Waals surface area contributed by atoms with E-state index in [1.807, 2.05) is 32.2 Å². The minimum atomic E-state index is -0.322. The SMILES string of the molecule is CC(C)Oc1cncc(C2=CC(O)CCCC2)c1. The highest BCUT2D eigenvalue weighted by molar-refractivity contribution is 5.66. The van der Waals surface area contributed by atoms with Gasteiger partial charge in [0.15, 0.2) is 0 Å². The molecule has 1 N–H and O–H groups in total. The van der Waals surface area contributed by atoms with Gasteiger partial charge >= 0.3 is 0 Å². The maximum atomic E-state index is 9.81. The summed E-state index contributed by atoms with van der Waals surface area (Å²) in [6, 6.07) is 2.01. The van der Waals surface area contributed by atoms with Crippen LogP contribution in [-0.4, -0.2) is 22.3 Å². The van der Waals surface area contributed by atoms with E-state index in [-0.39, 0.29) is 12.2 Å². The van der Waals surface area contributed by atoms with Crippen molar-refractivity contribution in [1.29, 1.82) is 0 Å². The largest absolute Gasteiger partial charge is 0.489 e. The Kier molecular flexibility index (Phi) is 4.37. The van der Waals surface area contributed by atoms with Crippen molar-refractivity contribution in [2.45, 2.75) is 51.7 Å². The lowest BCUT2D eigenvalue weighted by atomic mass is 10.0. The Hall–Kier alpha value is -1.35. The topological polar surface area (TPSA) is 42.4 Å². The molecule has 0 saturated heterocycles. The first-order chi connectivity index (χ1) is 8.65. The number of ether oxygens (including phenoxy) is 1. The van der Waals surface area contributed by atoms with Gasteiger partial charge in [0.25, 0.3) is 0 Å². The van der Waals surface area contributed by atoms with Gasteiger partial charge in [-0.3, -0.25) is 4.98 Å². The molecule has 0 spiro atoms. The molecule has 0 aliphatic heterocycles. The Morgan fingerprint density at radius 1 is 1.33 bits per heavy atom. The number of hydrogen-bond acceptors (Lipinski definition) is 3. The minimum absolute atomic E-state index is 0.149. The highest BCUT2D eigenvalue weighted by Gasteiger charge is 2.12. The molecule has 0 amide bonds. The Bertz CT molecular complexity index is 426. The molecule has 1 aromatic rings. The molecule has 1 aliphatic rings. The van der Waals surface area contributed by atoms with Crippen LogP contribution in [-0.2, 0) is 0 Å². The van der Waals surface area contributed by atoms with E-state index in [0.717, 1.165) is 37.0 Å². The van der Waals surface area contributed by atoms with Crippen molar-refractivity contribution < 1.29 is 9.84 Å². The average Bonchev–Trinajstić information content (AvgIpc) is 2.53. The third-order valence-corrected chi connectivity index (χ3v) is 3.05. The van der Waals surface area contributed by atoms with Crippen LogP contribution in [0.25, 0.3) is 5.57 Å². The molecule has 3 heteroatoms. The zero-order valence-electron chi connectivity index (χ0n) is 11.1. The summed E-state index contributed by atoms with van der Waals surface area (Å²) in [7, 11) is 0. The molecular formula is C15H21NO2. The number of aromatic nitrogens is 1. The molecular weight excluding hydrogens is 226 g/mol. The summed E-state index contributed by atoms with van der Waals surface area (Å²) >= 11 is 0. The van der Waals surface area contributed by atoms with Crippen LogP contribution in [0.15, 0.2) is 24.5 Å². The van der Waals surface area contributed by atoms with Crippen molar-refractivity contribution in [2.24, 2.45) is 0 Å². The summed E-state index contributed by atoms with van der Waals surface area (Å²) in [4.78, 5) is 4.22. The zero-order valence-corrected chi connectivity index (χ0v) is 11.1. The Morgan fingerprint density at radius 2 is 2.17 bits per heavy atom. The minimum Gasteiger partial charge on any atom is -0.489 e. The molecule has 0 radical (unpaired) electrons. The van der Waals surface area contributed by atoms with Crippen LogP contribution in [0.3, 0.4) is 0 Å². The summed E-state index contributed by atoms with van der Waals surface area (Å²) in [5.74, 6) is 0.794. The van der Waals surface area contributed by atoms with E-state index in [9.17, 15) is 5.11 Å².